The predicted molar refractivity (Wildman–Crippen MR) is 74.4 cm³/mol. The Bertz CT molecular complexity index is 374. The first-order valence-electron chi connectivity index (χ1n) is 6.30. The Balaban J connectivity index is 3.02. The fraction of sp³-hybridized carbons (Fsp3) is 0.769. The molecule has 0 radical (unpaired) electrons. The second kappa shape index (κ2) is 4.98. The first-order valence-corrected chi connectivity index (χ1v) is 6.30. The standard InChI is InChI=1S/C13H26N4/c1-7-8-17-12(11(14)10(2)15-17)16(6)9-13(3,4)5/h7-9,14H2,1-6H3. The van der Waals surface area contributed by atoms with Gasteiger partial charge in [-0.25, -0.2) is 4.68 Å². The molecule has 0 aliphatic rings. The maximum atomic E-state index is 6.13. The fourth-order valence-electron chi connectivity index (χ4n) is 2.14. The molecule has 17 heavy (non-hydrogen) atoms. The van der Waals surface area contributed by atoms with Crippen molar-refractivity contribution in [1.82, 2.24) is 9.78 Å². The van der Waals surface area contributed by atoms with Gasteiger partial charge in [0.2, 0.25) is 0 Å². The van der Waals surface area contributed by atoms with Gasteiger partial charge in [0.05, 0.1) is 11.4 Å². The van der Waals surface area contributed by atoms with Gasteiger partial charge in [-0.3, -0.25) is 0 Å². The topological polar surface area (TPSA) is 47.1 Å². The van der Waals surface area contributed by atoms with Gasteiger partial charge in [0, 0.05) is 20.1 Å². The van der Waals surface area contributed by atoms with Crippen LogP contribution in [0.1, 0.15) is 39.8 Å². The summed E-state index contributed by atoms with van der Waals surface area (Å²) in [5.74, 6) is 1.05. The lowest BCUT2D eigenvalue weighted by Gasteiger charge is -2.28. The Morgan fingerprint density at radius 2 is 1.94 bits per heavy atom. The minimum Gasteiger partial charge on any atom is -0.394 e. The third kappa shape index (κ3) is 3.38. The predicted octanol–water partition coefficient (Wildman–Crippen LogP) is 2.67. The molecule has 0 amide bonds. The molecule has 0 atom stereocenters. The zero-order chi connectivity index (χ0) is 13.2. The molecule has 0 bridgehead atoms. The van der Waals surface area contributed by atoms with Crippen LogP contribution in [0.25, 0.3) is 0 Å². The first kappa shape index (κ1) is 13.9. The molecule has 2 N–H and O–H groups in total. The Labute approximate surface area is 105 Å². The highest BCUT2D eigenvalue weighted by Gasteiger charge is 2.20. The molecule has 1 aromatic rings. The molecule has 0 aliphatic heterocycles. The number of hydrogen-bond acceptors (Lipinski definition) is 3. The van der Waals surface area contributed by atoms with Crippen molar-refractivity contribution < 1.29 is 0 Å². The summed E-state index contributed by atoms with van der Waals surface area (Å²) in [6.07, 6.45) is 1.07. The summed E-state index contributed by atoms with van der Waals surface area (Å²) < 4.78 is 2.02. The van der Waals surface area contributed by atoms with Crippen LogP contribution in [-0.2, 0) is 6.54 Å². The number of anilines is 2. The van der Waals surface area contributed by atoms with Gasteiger partial charge in [0.15, 0.2) is 0 Å². The van der Waals surface area contributed by atoms with E-state index in [2.05, 4.69) is 44.7 Å². The van der Waals surface area contributed by atoms with Crippen molar-refractivity contribution in [3.8, 4) is 0 Å². The second-order valence-electron chi connectivity index (χ2n) is 5.96. The summed E-state index contributed by atoms with van der Waals surface area (Å²) in [7, 11) is 2.09. The van der Waals surface area contributed by atoms with Gasteiger partial charge >= 0.3 is 0 Å². The van der Waals surface area contributed by atoms with Gasteiger partial charge < -0.3 is 10.6 Å². The molecule has 0 spiro atoms. The van der Waals surface area contributed by atoms with E-state index in [4.69, 9.17) is 5.73 Å². The van der Waals surface area contributed by atoms with Gasteiger partial charge in [0.25, 0.3) is 0 Å². The Morgan fingerprint density at radius 1 is 1.35 bits per heavy atom. The number of rotatable bonds is 4. The third-order valence-electron chi connectivity index (χ3n) is 2.65. The Morgan fingerprint density at radius 3 is 2.41 bits per heavy atom. The summed E-state index contributed by atoms with van der Waals surface area (Å²) >= 11 is 0. The van der Waals surface area contributed by atoms with Crippen LogP contribution in [0, 0.1) is 12.3 Å². The number of aromatic nitrogens is 2. The molecule has 0 aliphatic carbocycles. The number of nitrogens with two attached hydrogens (primary N) is 1. The molecule has 1 rings (SSSR count). The normalized spacial score (nSPS) is 11.9. The second-order valence-corrected chi connectivity index (χ2v) is 5.96. The zero-order valence-electron chi connectivity index (χ0n) is 12.0. The Hall–Kier alpha value is -1.19. The van der Waals surface area contributed by atoms with Crippen LogP contribution in [0.5, 0.6) is 0 Å². The largest absolute Gasteiger partial charge is 0.394 e. The van der Waals surface area contributed by atoms with Gasteiger partial charge in [0.1, 0.15) is 5.82 Å². The van der Waals surface area contributed by atoms with E-state index in [1.807, 2.05) is 11.6 Å². The van der Waals surface area contributed by atoms with Crippen LogP contribution in [0.2, 0.25) is 0 Å². The van der Waals surface area contributed by atoms with E-state index < -0.39 is 0 Å². The average molecular weight is 238 g/mol. The summed E-state index contributed by atoms with van der Waals surface area (Å²) in [6, 6.07) is 0. The van der Waals surface area contributed by atoms with Crippen LogP contribution in [0.4, 0.5) is 11.5 Å². The SMILES string of the molecule is CCCn1nc(C)c(N)c1N(C)CC(C)(C)C. The maximum Gasteiger partial charge on any atom is 0.150 e. The van der Waals surface area contributed by atoms with Crippen LogP contribution in [0.3, 0.4) is 0 Å². The molecule has 0 unspecified atom stereocenters. The summed E-state index contributed by atoms with van der Waals surface area (Å²) in [5, 5.41) is 4.50. The highest BCUT2D eigenvalue weighted by atomic mass is 15.4. The van der Waals surface area contributed by atoms with E-state index in [1.54, 1.807) is 0 Å². The molecular formula is C13H26N4. The van der Waals surface area contributed by atoms with Gasteiger partial charge in [-0.2, -0.15) is 5.10 Å². The zero-order valence-corrected chi connectivity index (χ0v) is 12.0. The minimum atomic E-state index is 0.246. The molecule has 4 heteroatoms. The quantitative estimate of drug-likeness (QED) is 0.877. The van der Waals surface area contributed by atoms with Gasteiger partial charge in [-0.05, 0) is 18.8 Å². The van der Waals surface area contributed by atoms with Crippen molar-refractivity contribution in [3.05, 3.63) is 5.69 Å². The van der Waals surface area contributed by atoms with Crippen molar-refractivity contribution in [2.45, 2.75) is 47.6 Å². The van der Waals surface area contributed by atoms with Gasteiger partial charge in [-0.15, -0.1) is 0 Å². The van der Waals surface area contributed by atoms with Crippen LogP contribution in [0.15, 0.2) is 0 Å². The molecular weight excluding hydrogens is 212 g/mol. The molecule has 0 saturated heterocycles. The maximum absolute atomic E-state index is 6.13. The van der Waals surface area contributed by atoms with Crippen molar-refractivity contribution in [2.24, 2.45) is 5.41 Å². The Kier molecular flexibility index (Phi) is 4.07. The fourth-order valence-corrected chi connectivity index (χ4v) is 2.14. The van der Waals surface area contributed by atoms with Crippen molar-refractivity contribution in [1.29, 1.82) is 0 Å². The van der Waals surface area contributed by atoms with E-state index in [0.717, 1.165) is 36.7 Å². The lowest BCUT2D eigenvalue weighted by Crippen LogP contribution is -2.31. The van der Waals surface area contributed by atoms with Crippen LogP contribution >= 0.6 is 0 Å². The highest BCUT2D eigenvalue weighted by molar-refractivity contribution is 5.66. The molecule has 0 fully saturated rings. The van der Waals surface area contributed by atoms with Crippen LogP contribution in [-0.4, -0.2) is 23.4 Å². The highest BCUT2D eigenvalue weighted by Crippen LogP contribution is 2.28. The average Bonchev–Trinajstić information content (AvgIpc) is 2.40. The number of aryl methyl sites for hydroxylation is 2. The smallest absolute Gasteiger partial charge is 0.150 e. The van der Waals surface area contributed by atoms with Crippen molar-refractivity contribution in [3.63, 3.8) is 0 Å². The molecule has 0 aromatic carbocycles. The van der Waals surface area contributed by atoms with E-state index in [-0.39, 0.29) is 5.41 Å². The van der Waals surface area contributed by atoms with E-state index in [1.165, 1.54) is 0 Å². The number of hydrogen-bond donors (Lipinski definition) is 1. The first-order chi connectivity index (χ1) is 7.76. The lowest BCUT2D eigenvalue weighted by molar-refractivity contribution is 0.414. The lowest BCUT2D eigenvalue weighted by atomic mass is 9.96. The third-order valence-corrected chi connectivity index (χ3v) is 2.65. The van der Waals surface area contributed by atoms with Crippen molar-refractivity contribution >= 4 is 11.5 Å². The van der Waals surface area contributed by atoms with Gasteiger partial charge in [-0.1, -0.05) is 27.7 Å². The number of nitrogen functional groups attached to an aromatic ring is 1. The van der Waals surface area contributed by atoms with E-state index in [0.29, 0.717) is 0 Å². The summed E-state index contributed by atoms with van der Waals surface area (Å²) in [5.41, 5.74) is 8.11. The molecule has 4 nitrogen and oxygen atoms in total. The molecule has 1 aromatic heterocycles. The van der Waals surface area contributed by atoms with Crippen LogP contribution < -0.4 is 10.6 Å². The summed E-state index contributed by atoms with van der Waals surface area (Å²) in [6.45, 7) is 12.7. The number of nitrogens with zero attached hydrogens (tertiary/aromatic N) is 3. The van der Waals surface area contributed by atoms with E-state index in [9.17, 15) is 0 Å². The minimum absolute atomic E-state index is 0.246. The molecule has 0 saturated carbocycles. The summed E-state index contributed by atoms with van der Waals surface area (Å²) in [4.78, 5) is 2.21. The van der Waals surface area contributed by atoms with E-state index >= 15 is 0 Å². The molecule has 1 heterocycles. The monoisotopic (exact) mass is 238 g/mol. The van der Waals surface area contributed by atoms with Crippen molar-refractivity contribution in [2.75, 3.05) is 24.2 Å². The molecule has 98 valence electrons.